The summed E-state index contributed by atoms with van der Waals surface area (Å²) in [5.74, 6) is -4.04. The first-order valence-electron chi connectivity index (χ1n) is 15.0. The molecule has 4 rings (SSSR count). The van der Waals surface area contributed by atoms with Gasteiger partial charge in [0.1, 0.15) is 6.04 Å². The first-order chi connectivity index (χ1) is 20.2. The average molecular weight is 660 g/mol. The average Bonchev–Trinajstić information content (AvgIpc) is 3.52. The van der Waals surface area contributed by atoms with Gasteiger partial charge in [0.15, 0.2) is 0 Å². The number of carbonyl (C=O) groups excluding carboxylic acids is 5. The summed E-state index contributed by atoms with van der Waals surface area (Å²) >= 11 is 12.7. The van der Waals surface area contributed by atoms with E-state index < -0.39 is 52.5 Å². The minimum Gasteiger partial charge on any atom is -0.548 e. The fourth-order valence-corrected chi connectivity index (χ4v) is 8.00. The second kappa shape index (κ2) is 14.7. The topological polar surface area (TPSA) is 162 Å². The Morgan fingerprint density at radius 2 is 1.59 bits per heavy atom. The molecule has 0 spiro atoms. The van der Waals surface area contributed by atoms with Gasteiger partial charge >= 0.3 is 29.6 Å². The van der Waals surface area contributed by atoms with E-state index in [0.29, 0.717) is 43.5 Å². The van der Waals surface area contributed by atoms with Crippen molar-refractivity contribution in [3.63, 3.8) is 0 Å². The third kappa shape index (κ3) is 7.41. The molecule has 0 aromatic heterocycles. The van der Waals surface area contributed by atoms with E-state index in [-0.39, 0.29) is 58.5 Å². The third-order valence-corrected chi connectivity index (χ3v) is 11.1. The first kappa shape index (κ1) is 36.6. The molecule has 1 aliphatic heterocycles. The number of likely N-dealkylation sites (tertiary alicyclic amines) is 1. The van der Waals surface area contributed by atoms with Gasteiger partial charge < -0.3 is 31.2 Å². The van der Waals surface area contributed by atoms with E-state index in [0.717, 1.165) is 19.3 Å². The Balaban J connectivity index is 0.00000529. The van der Waals surface area contributed by atoms with Crippen molar-refractivity contribution in [2.75, 3.05) is 11.9 Å². The summed E-state index contributed by atoms with van der Waals surface area (Å²) in [5, 5.41) is 16.9. The van der Waals surface area contributed by atoms with E-state index in [2.05, 4.69) is 10.6 Å². The number of anilines is 1. The van der Waals surface area contributed by atoms with E-state index in [1.165, 1.54) is 4.90 Å². The van der Waals surface area contributed by atoms with Crippen LogP contribution in [0.1, 0.15) is 71.3 Å². The molecule has 13 heteroatoms. The summed E-state index contributed by atoms with van der Waals surface area (Å²) in [7, 11) is 0. The fraction of sp³-hybridized carbons (Fsp3) is 0.645. The van der Waals surface area contributed by atoms with Gasteiger partial charge in [-0.05, 0) is 68.1 Å². The second-order valence-electron chi connectivity index (χ2n) is 13.0. The molecule has 1 aromatic rings. The second-order valence-corrected chi connectivity index (χ2v) is 14.1. The molecule has 2 unspecified atom stereocenters. The zero-order valence-corrected chi connectivity index (χ0v) is 29.4. The SMILES string of the molecule is CC1(C)[C@@H](C(=O)N[C@@H](Cc2ccc(NC(=O)C3C(Cl)CCCC3Cl)cc2)C(=O)[O-])CC[C@@]1(C)C(=O)N1CCC[C@H]1C(N)=O.[Na+]. The van der Waals surface area contributed by atoms with Crippen molar-refractivity contribution in [2.45, 2.75) is 95.0 Å². The van der Waals surface area contributed by atoms with Gasteiger partial charge in [0.25, 0.3) is 0 Å². The third-order valence-electron chi connectivity index (χ3n) is 10.2. The zero-order chi connectivity index (χ0) is 31.7. The monoisotopic (exact) mass is 658 g/mol. The number of carboxylic acid groups (broad SMARTS) is 1. The predicted molar refractivity (Wildman–Crippen MR) is 161 cm³/mol. The Hall–Kier alpha value is -1.85. The van der Waals surface area contributed by atoms with Crippen molar-refractivity contribution in [3.8, 4) is 0 Å². The van der Waals surface area contributed by atoms with E-state index >= 15 is 0 Å². The van der Waals surface area contributed by atoms with Crippen molar-refractivity contribution in [1.82, 2.24) is 10.2 Å². The number of benzene rings is 1. The number of primary amides is 1. The molecule has 3 aliphatic rings. The number of aliphatic carboxylic acids is 1. The maximum absolute atomic E-state index is 13.7. The number of rotatable bonds is 9. The number of amides is 4. The normalized spacial score (nSPS) is 30.1. The van der Waals surface area contributed by atoms with Crippen molar-refractivity contribution < 1.29 is 58.6 Å². The number of nitrogens with zero attached hydrogens (tertiary/aromatic N) is 1. The van der Waals surface area contributed by atoms with Crippen LogP contribution in [0.3, 0.4) is 0 Å². The smallest absolute Gasteiger partial charge is 0.548 e. The van der Waals surface area contributed by atoms with Gasteiger partial charge in [0, 0.05) is 28.9 Å². The number of nitrogens with one attached hydrogen (secondary N) is 2. The molecular weight excluding hydrogens is 618 g/mol. The Morgan fingerprint density at radius 3 is 2.16 bits per heavy atom. The molecule has 236 valence electrons. The maximum atomic E-state index is 13.7. The van der Waals surface area contributed by atoms with Crippen LogP contribution < -0.4 is 51.0 Å². The quantitative estimate of drug-likeness (QED) is 0.236. The number of halogens is 2. The molecule has 4 N–H and O–H groups in total. The van der Waals surface area contributed by atoms with Crippen molar-refractivity contribution in [3.05, 3.63) is 29.8 Å². The molecule has 0 bridgehead atoms. The van der Waals surface area contributed by atoms with Crippen LogP contribution in [0.25, 0.3) is 0 Å². The summed E-state index contributed by atoms with van der Waals surface area (Å²) < 4.78 is 0. The standard InChI is InChI=1S/C31H42Cl2N4O6.Na/c1-30(2)19(13-14-31(30,3)29(43)37-15-5-8-23(37)25(34)38)26(39)36-22(28(41)42)16-17-9-11-18(12-10-17)35-27(40)24-20(32)6-4-7-21(24)33;/h9-12,19-24H,4-8,13-16H2,1-3H3,(H2,34,38)(H,35,40)(H,36,39)(H,41,42);/q;+1/p-1/t19-,20?,21?,22+,23+,24?,31+;/m1./s1. The van der Waals surface area contributed by atoms with Gasteiger partial charge in [0.2, 0.25) is 23.6 Å². The molecular formula is C31H41Cl2N4NaO6. The van der Waals surface area contributed by atoms with E-state index in [9.17, 15) is 29.1 Å². The number of hydrogen-bond acceptors (Lipinski definition) is 6. The van der Waals surface area contributed by atoms with Gasteiger partial charge in [-0.3, -0.25) is 19.2 Å². The van der Waals surface area contributed by atoms with Crippen LogP contribution in [0.5, 0.6) is 0 Å². The Bertz CT molecular complexity index is 1250. The summed E-state index contributed by atoms with van der Waals surface area (Å²) in [6, 6.07) is 4.71. The number of hydrogen-bond donors (Lipinski definition) is 3. The Kier molecular flexibility index (Phi) is 12.2. The Morgan fingerprint density at radius 1 is 0.977 bits per heavy atom. The predicted octanol–water partition coefficient (Wildman–Crippen LogP) is -0.660. The number of alkyl halides is 2. The molecule has 1 heterocycles. The molecule has 4 amide bonds. The van der Waals surface area contributed by atoms with Crippen molar-refractivity contribution >= 4 is 58.5 Å². The molecule has 2 saturated carbocycles. The summed E-state index contributed by atoms with van der Waals surface area (Å²) in [6.07, 6.45) is 4.29. The molecule has 3 fully saturated rings. The summed E-state index contributed by atoms with van der Waals surface area (Å²) in [5.41, 5.74) is 4.92. The van der Waals surface area contributed by atoms with Crippen molar-refractivity contribution in [1.29, 1.82) is 0 Å². The Labute approximate surface area is 290 Å². The van der Waals surface area contributed by atoms with Crippen LogP contribution in [0.2, 0.25) is 0 Å². The summed E-state index contributed by atoms with van der Waals surface area (Å²) in [6.45, 7) is 5.92. The molecule has 44 heavy (non-hydrogen) atoms. The van der Waals surface area contributed by atoms with Gasteiger partial charge in [-0.15, -0.1) is 23.2 Å². The minimum atomic E-state index is -1.43. The van der Waals surface area contributed by atoms with Crippen molar-refractivity contribution in [2.24, 2.45) is 28.4 Å². The largest absolute Gasteiger partial charge is 1.00 e. The number of carboxylic acids is 1. The van der Waals surface area contributed by atoms with Crippen LogP contribution in [-0.4, -0.2) is 63.9 Å². The molecule has 10 nitrogen and oxygen atoms in total. The molecule has 1 aromatic carbocycles. The maximum Gasteiger partial charge on any atom is 1.00 e. The van der Waals surface area contributed by atoms with Crippen LogP contribution in [-0.2, 0) is 30.4 Å². The van der Waals surface area contributed by atoms with Gasteiger partial charge in [0.05, 0.1) is 23.3 Å². The van der Waals surface area contributed by atoms with Gasteiger partial charge in [-0.1, -0.05) is 39.3 Å². The van der Waals surface area contributed by atoms with E-state index in [4.69, 9.17) is 28.9 Å². The minimum absolute atomic E-state index is 0. The van der Waals surface area contributed by atoms with Gasteiger partial charge in [-0.25, -0.2) is 0 Å². The number of nitrogens with two attached hydrogens (primary N) is 1. The first-order valence-corrected chi connectivity index (χ1v) is 15.8. The van der Waals surface area contributed by atoms with E-state index in [1.807, 2.05) is 20.8 Å². The molecule has 6 atom stereocenters. The van der Waals surface area contributed by atoms with Crippen LogP contribution in [0.4, 0.5) is 5.69 Å². The van der Waals surface area contributed by atoms with E-state index in [1.54, 1.807) is 24.3 Å². The van der Waals surface area contributed by atoms with Crippen LogP contribution in [0, 0.1) is 22.7 Å². The van der Waals surface area contributed by atoms with Gasteiger partial charge in [-0.2, -0.15) is 0 Å². The fourth-order valence-electron chi connectivity index (χ4n) is 7.04. The summed E-state index contributed by atoms with van der Waals surface area (Å²) in [4.78, 5) is 65.5. The molecule has 2 aliphatic carbocycles. The molecule has 1 saturated heterocycles. The number of carbonyl (C=O) groups is 5. The zero-order valence-electron chi connectivity index (χ0n) is 25.9. The van der Waals surface area contributed by atoms with Crippen LogP contribution in [0.15, 0.2) is 24.3 Å². The van der Waals surface area contributed by atoms with Crippen LogP contribution >= 0.6 is 23.2 Å². The molecule has 0 radical (unpaired) electrons.